The summed E-state index contributed by atoms with van der Waals surface area (Å²) in [6, 6.07) is 15.9. The molecule has 0 fully saturated rings. The van der Waals surface area contributed by atoms with Crippen LogP contribution in [-0.4, -0.2) is 24.0 Å². The molecule has 0 unspecified atom stereocenters. The number of amides is 1. The highest BCUT2D eigenvalue weighted by molar-refractivity contribution is 6.04. The molecule has 29 heavy (non-hydrogen) atoms. The molecule has 0 spiro atoms. The van der Waals surface area contributed by atoms with Crippen molar-refractivity contribution in [1.29, 1.82) is 0 Å². The molecule has 1 aromatic heterocycles. The van der Waals surface area contributed by atoms with Crippen LogP contribution in [-0.2, 0) is 0 Å². The number of nitrogens with zero attached hydrogens (tertiary/aromatic N) is 2. The summed E-state index contributed by atoms with van der Waals surface area (Å²) in [6.07, 6.45) is 3.29. The van der Waals surface area contributed by atoms with Crippen molar-refractivity contribution in [3.8, 4) is 0 Å². The standard InChI is InChI=1S/C24H28N4O/c1-5-28(6-2)23-11-9-20(10-12-23)27-24(29)19-14-22(16-25-15-19)26-21-8-7-17(3)18(4)13-21/h7-16,26H,5-6H2,1-4H3,(H,27,29). The van der Waals surface area contributed by atoms with Gasteiger partial charge in [-0.05, 0) is 81.3 Å². The van der Waals surface area contributed by atoms with Crippen molar-refractivity contribution in [2.24, 2.45) is 0 Å². The van der Waals surface area contributed by atoms with Gasteiger partial charge in [-0.15, -0.1) is 0 Å². The van der Waals surface area contributed by atoms with Gasteiger partial charge in [-0.3, -0.25) is 9.78 Å². The van der Waals surface area contributed by atoms with Gasteiger partial charge in [0, 0.05) is 36.3 Å². The Hall–Kier alpha value is -3.34. The zero-order chi connectivity index (χ0) is 20.8. The van der Waals surface area contributed by atoms with Gasteiger partial charge in [0.15, 0.2) is 0 Å². The number of carbonyl (C=O) groups is 1. The van der Waals surface area contributed by atoms with Gasteiger partial charge in [0.1, 0.15) is 0 Å². The number of benzene rings is 2. The maximum atomic E-state index is 12.7. The van der Waals surface area contributed by atoms with Gasteiger partial charge in [0.2, 0.25) is 0 Å². The normalized spacial score (nSPS) is 10.5. The van der Waals surface area contributed by atoms with Gasteiger partial charge in [0.05, 0.1) is 17.4 Å². The Balaban J connectivity index is 1.69. The average Bonchev–Trinajstić information content (AvgIpc) is 2.73. The molecule has 3 aromatic rings. The summed E-state index contributed by atoms with van der Waals surface area (Å²) in [4.78, 5) is 19.1. The Morgan fingerprint density at radius 2 is 1.55 bits per heavy atom. The minimum atomic E-state index is -0.183. The first-order valence-electron chi connectivity index (χ1n) is 9.95. The Labute approximate surface area is 172 Å². The topological polar surface area (TPSA) is 57.3 Å². The van der Waals surface area contributed by atoms with E-state index in [1.165, 1.54) is 11.1 Å². The molecule has 1 heterocycles. The third-order valence-corrected chi connectivity index (χ3v) is 5.05. The predicted octanol–water partition coefficient (Wildman–Crippen LogP) is 5.54. The second-order valence-corrected chi connectivity index (χ2v) is 7.06. The summed E-state index contributed by atoms with van der Waals surface area (Å²) in [5, 5.41) is 6.26. The molecule has 0 atom stereocenters. The molecule has 5 heteroatoms. The largest absolute Gasteiger partial charge is 0.372 e. The highest BCUT2D eigenvalue weighted by Gasteiger charge is 2.09. The van der Waals surface area contributed by atoms with E-state index in [1.807, 2.05) is 36.4 Å². The maximum Gasteiger partial charge on any atom is 0.257 e. The molecule has 2 aromatic carbocycles. The van der Waals surface area contributed by atoms with Crippen molar-refractivity contribution >= 4 is 28.7 Å². The Bertz CT molecular complexity index is 978. The van der Waals surface area contributed by atoms with Crippen LogP contribution in [0, 0.1) is 13.8 Å². The molecule has 0 saturated heterocycles. The van der Waals surface area contributed by atoms with E-state index in [-0.39, 0.29) is 5.91 Å². The van der Waals surface area contributed by atoms with Crippen LogP contribution in [0.5, 0.6) is 0 Å². The van der Waals surface area contributed by atoms with Crippen molar-refractivity contribution in [3.05, 3.63) is 77.6 Å². The lowest BCUT2D eigenvalue weighted by Gasteiger charge is -2.21. The monoisotopic (exact) mass is 388 g/mol. The van der Waals surface area contributed by atoms with Gasteiger partial charge in [-0.2, -0.15) is 0 Å². The first kappa shape index (κ1) is 20.4. The molecule has 0 aliphatic heterocycles. The lowest BCUT2D eigenvalue weighted by atomic mass is 10.1. The van der Waals surface area contributed by atoms with Crippen LogP contribution in [0.4, 0.5) is 22.7 Å². The van der Waals surface area contributed by atoms with E-state index < -0.39 is 0 Å². The zero-order valence-electron chi connectivity index (χ0n) is 17.5. The summed E-state index contributed by atoms with van der Waals surface area (Å²) in [5.41, 5.74) is 6.62. The van der Waals surface area contributed by atoms with Gasteiger partial charge in [0.25, 0.3) is 5.91 Å². The lowest BCUT2D eigenvalue weighted by molar-refractivity contribution is 0.102. The van der Waals surface area contributed by atoms with E-state index in [1.54, 1.807) is 12.4 Å². The van der Waals surface area contributed by atoms with Crippen LogP contribution in [0.25, 0.3) is 0 Å². The van der Waals surface area contributed by atoms with Gasteiger partial charge < -0.3 is 15.5 Å². The Morgan fingerprint density at radius 1 is 0.862 bits per heavy atom. The van der Waals surface area contributed by atoms with Crippen LogP contribution < -0.4 is 15.5 Å². The highest BCUT2D eigenvalue weighted by Crippen LogP contribution is 2.21. The molecule has 3 rings (SSSR count). The van der Waals surface area contributed by atoms with Crippen molar-refractivity contribution in [3.63, 3.8) is 0 Å². The van der Waals surface area contributed by atoms with Crippen molar-refractivity contribution in [2.45, 2.75) is 27.7 Å². The summed E-state index contributed by atoms with van der Waals surface area (Å²) >= 11 is 0. The number of hydrogen-bond acceptors (Lipinski definition) is 4. The lowest BCUT2D eigenvalue weighted by Crippen LogP contribution is -2.21. The molecule has 150 valence electrons. The SMILES string of the molecule is CCN(CC)c1ccc(NC(=O)c2cncc(Nc3ccc(C)c(C)c3)c2)cc1. The summed E-state index contributed by atoms with van der Waals surface area (Å²) in [5.74, 6) is -0.183. The molecule has 0 radical (unpaired) electrons. The predicted molar refractivity (Wildman–Crippen MR) is 121 cm³/mol. The van der Waals surface area contributed by atoms with Crippen LogP contribution in [0.1, 0.15) is 35.3 Å². The minimum absolute atomic E-state index is 0.183. The third kappa shape index (κ3) is 5.13. The molecular formula is C24H28N4O. The number of nitrogens with one attached hydrogen (secondary N) is 2. The molecule has 0 saturated carbocycles. The first-order chi connectivity index (χ1) is 14.0. The fourth-order valence-corrected chi connectivity index (χ4v) is 3.17. The average molecular weight is 389 g/mol. The molecular weight excluding hydrogens is 360 g/mol. The summed E-state index contributed by atoms with van der Waals surface area (Å²) < 4.78 is 0. The Kier molecular flexibility index (Phi) is 6.50. The fourth-order valence-electron chi connectivity index (χ4n) is 3.17. The smallest absolute Gasteiger partial charge is 0.257 e. The van der Waals surface area contributed by atoms with Gasteiger partial charge in [-0.25, -0.2) is 0 Å². The number of aromatic nitrogens is 1. The number of pyridine rings is 1. The molecule has 0 aliphatic carbocycles. The summed E-state index contributed by atoms with van der Waals surface area (Å²) in [7, 11) is 0. The number of carbonyl (C=O) groups excluding carboxylic acids is 1. The molecule has 0 aliphatic rings. The minimum Gasteiger partial charge on any atom is -0.372 e. The van der Waals surface area contributed by atoms with E-state index in [4.69, 9.17) is 0 Å². The third-order valence-electron chi connectivity index (χ3n) is 5.05. The van der Waals surface area contributed by atoms with Crippen LogP contribution in [0.2, 0.25) is 0 Å². The van der Waals surface area contributed by atoms with E-state index >= 15 is 0 Å². The van der Waals surface area contributed by atoms with E-state index in [2.05, 4.69) is 60.3 Å². The second-order valence-electron chi connectivity index (χ2n) is 7.06. The molecule has 1 amide bonds. The molecule has 2 N–H and O–H groups in total. The number of aryl methyl sites for hydroxylation is 2. The van der Waals surface area contributed by atoms with Crippen molar-refractivity contribution in [2.75, 3.05) is 28.6 Å². The number of anilines is 4. The Morgan fingerprint density at radius 3 is 2.21 bits per heavy atom. The van der Waals surface area contributed by atoms with Crippen molar-refractivity contribution < 1.29 is 4.79 Å². The van der Waals surface area contributed by atoms with Gasteiger partial charge in [-0.1, -0.05) is 6.07 Å². The fraction of sp³-hybridized carbons (Fsp3) is 0.250. The molecule has 0 bridgehead atoms. The first-order valence-corrected chi connectivity index (χ1v) is 9.95. The highest BCUT2D eigenvalue weighted by atomic mass is 16.1. The summed E-state index contributed by atoms with van der Waals surface area (Å²) in [6.45, 7) is 10.3. The maximum absolute atomic E-state index is 12.7. The number of hydrogen-bond donors (Lipinski definition) is 2. The van der Waals surface area contributed by atoms with E-state index in [0.717, 1.165) is 35.8 Å². The van der Waals surface area contributed by atoms with Crippen LogP contribution in [0.3, 0.4) is 0 Å². The van der Waals surface area contributed by atoms with Crippen LogP contribution in [0.15, 0.2) is 60.9 Å². The quantitative estimate of drug-likeness (QED) is 0.558. The van der Waals surface area contributed by atoms with E-state index in [0.29, 0.717) is 5.56 Å². The second kappa shape index (κ2) is 9.24. The zero-order valence-corrected chi connectivity index (χ0v) is 17.5. The van der Waals surface area contributed by atoms with Crippen molar-refractivity contribution in [1.82, 2.24) is 4.98 Å². The van der Waals surface area contributed by atoms with E-state index in [9.17, 15) is 4.79 Å². The number of rotatable bonds is 7. The van der Waals surface area contributed by atoms with Crippen LogP contribution >= 0.6 is 0 Å². The van der Waals surface area contributed by atoms with Gasteiger partial charge >= 0.3 is 0 Å². The molecule has 5 nitrogen and oxygen atoms in total.